The Labute approximate surface area is 104 Å². The minimum Gasteiger partial charge on any atom is -0.358 e. The zero-order valence-corrected chi connectivity index (χ0v) is 11.4. The molecule has 0 aliphatic rings. The van der Waals surface area contributed by atoms with Crippen LogP contribution < -0.4 is 10.5 Å². The molecule has 1 aromatic heterocycles. The van der Waals surface area contributed by atoms with Crippen LogP contribution in [0.2, 0.25) is 0 Å². The molecule has 0 aromatic carbocycles. The Morgan fingerprint density at radius 3 is 2.69 bits per heavy atom. The summed E-state index contributed by atoms with van der Waals surface area (Å²) in [5.74, 6) is 0.683. The predicted molar refractivity (Wildman–Crippen MR) is 69.0 cm³/mol. The predicted octanol–water partition coefficient (Wildman–Crippen LogP) is 0.920. The normalized spacial score (nSPS) is 10.8. The Bertz CT molecular complexity index is 391. The van der Waals surface area contributed by atoms with Crippen molar-refractivity contribution in [1.29, 1.82) is 0 Å². The van der Waals surface area contributed by atoms with E-state index in [1.807, 2.05) is 26.0 Å². The standard InChI is InChI=1S/C10H17BrN4O/c1-14(2)5-4-6-15(3)9-8(11)10(16)13-7-12-9/h7H,4-6H2,1-3H3,(H,12,13,16). The first-order valence-electron chi connectivity index (χ1n) is 5.11. The van der Waals surface area contributed by atoms with Crippen LogP contribution in [0.3, 0.4) is 0 Å². The summed E-state index contributed by atoms with van der Waals surface area (Å²) in [6.45, 7) is 1.89. The van der Waals surface area contributed by atoms with Gasteiger partial charge in [0.05, 0.1) is 6.33 Å². The largest absolute Gasteiger partial charge is 0.358 e. The van der Waals surface area contributed by atoms with E-state index in [1.54, 1.807) is 0 Å². The number of hydrogen-bond donors (Lipinski definition) is 1. The fraction of sp³-hybridized carbons (Fsp3) is 0.600. The fourth-order valence-electron chi connectivity index (χ4n) is 1.37. The van der Waals surface area contributed by atoms with Gasteiger partial charge >= 0.3 is 0 Å². The third kappa shape index (κ3) is 3.61. The van der Waals surface area contributed by atoms with Crippen molar-refractivity contribution in [3.05, 3.63) is 21.2 Å². The number of rotatable bonds is 5. The Hall–Kier alpha value is -0.880. The van der Waals surface area contributed by atoms with Crippen LogP contribution in [0.1, 0.15) is 6.42 Å². The Morgan fingerprint density at radius 2 is 2.06 bits per heavy atom. The topological polar surface area (TPSA) is 52.2 Å². The summed E-state index contributed by atoms with van der Waals surface area (Å²) in [4.78, 5) is 22.1. The van der Waals surface area contributed by atoms with Crippen molar-refractivity contribution in [1.82, 2.24) is 14.9 Å². The zero-order valence-electron chi connectivity index (χ0n) is 9.83. The molecule has 0 saturated heterocycles. The maximum Gasteiger partial charge on any atom is 0.267 e. The lowest BCUT2D eigenvalue weighted by molar-refractivity contribution is 0.401. The molecule has 1 rings (SSSR count). The molecule has 0 fully saturated rings. The molecule has 5 nitrogen and oxygen atoms in total. The summed E-state index contributed by atoms with van der Waals surface area (Å²) in [5.41, 5.74) is -0.149. The molecular weight excluding hydrogens is 272 g/mol. The molecule has 0 amide bonds. The molecule has 0 saturated carbocycles. The zero-order chi connectivity index (χ0) is 12.1. The van der Waals surface area contributed by atoms with Gasteiger partial charge in [0, 0.05) is 13.6 Å². The van der Waals surface area contributed by atoms with E-state index >= 15 is 0 Å². The smallest absolute Gasteiger partial charge is 0.267 e. The van der Waals surface area contributed by atoms with E-state index in [0.29, 0.717) is 10.3 Å². The van der Waals surface area contributed by atoms with E-state index in [4.69, 9.17) is 0 Å². The van der Waals surface area contributed by atoms with Gasteiger partial charge < -0.3 is 14.8 Å². The van der Waals surface area contributed by atoms with Gasteiger partial charge in [-0.3, -0.25) is 4.79 Å². The summed E-state index contributed by atoms with van der Waals surface area (Å²) in [5, 5.41) is 0. The van der Waals surface area contributed by atoms with Crippen LogP contribution in [-0.2, 0) is 0 Å². The first-order valence-corrected chi connectivity index (χ1v) is 5.90. The molecule has 0 bridgehead atoms. The van der Waals surface area contributed by atoms with Gasteiger partial charge in [0.1, 0.15) is 10.3 Å². The molecule has 0 radical (unpaired) electrons. The second kappa shape index (κ2) is 6.00. The molecule has 0 spiro atoms. The highest BCUT2D eigenvalue weighted by Crippen LogP contribution is 2.17. The molecule has 90 valence electrons. The molecule has 0 aliphatic heterocycles. The lowest BCUT2D eigenvalue weighted by atomic mass is 10.3. The summed E-state index contributed by atoms with van der Waals surface area (Å²) in [6.07, 6.45) is 2.45. The molecule has 16 heavy (non-hydrogen) atoms. The third-order valence-electron chi connectivity index (χ3n) is 2.24. The van der Waals surface area contributed by atoms with E-state index in [0.717, 1.165) is 19.5 Å². The summed E-state index contributed by atoms with van der Waals surface area (Å²) in [6, 6.07) is 0. The van der Waals surface area contributed by atoms with E-state index in [2.05, 4.69) is 30.8 Å². The number of halogens is 1. The first kappa shape index (κ1) is 13.2. The molecule has 0 aliphatic carbocycles. The average molecular weight is 289 g/mol. The van der Waals surface area contributed by atoms with Crippen molar-refractivity contribution in [3.63, 3.8) is 0 Å². The van der Waals surface area contributed by atoms with Crippen LogP contribution in [0.25, 0.3) is 0 Å². The van der Waals surface area contributed by atoms with Gasteiger partial charge in [0.2, 0.25) is 0 Å². The van der Waals surface area contributed by atoms with Crippen molar-refractivity contribution in [3.8, 4) is 0 Å². The van der Waals surface area contributed by atoms with E-state index in [9.17, 15) is 4.79 Å². The number of aromatic amines is 1. The van der Waals surface area contributed by atoms with Gasteiger partial charge in [0.15, 0.2) is 0 Å². The highest BCUT2D eigenvalue weighted by Gasteiger charge is 2.09. The fourth-order valence-corrected chi connectivity index (χ4v) is 1.89. The molecule has 0 unspecified atom stereocenters. The van der Waals surface area contributed by atoms with Crippen LogP contribution in [0.15, 0.2) is 15.6 Å². The number of nitrogens with one attached hydrogen (secondary N) is 1. The van der Waals surface area contributed by atoms with E-state index < -0.39 is 0 Å². The van der Waals surface area contributed by atoms with Gasteiger partial charge in [-0.2, -0.15) is 0 Å². The van der Waals surface area contributed by atoms with E-state index in [-0.39, 0.29) is 5.56 Å². The number of H-pyrrole nitrogens is 1. The van der Waals surface area contributed by atoms with E-state index in [1.165, 1.54) is 6.33 Å². The maximum absolute atomic E-state index is 11.3. The van der Waals surface area contributed by atoms with Gasteiger partial charge in [0.25, 0.3) is 5.56 Å². The van der Waals surface area contributed by atoms with Gasteiger partial charge in [-0.15, -0.1) is 0 Å². The molecule has 0 atom stereocenters. The number of aromatic nitrogens is 2. The van der Waals surface area contributed by atoms with Crippen LogP contribution in [0.4, 0.5) is 5.82 Å². The highest BCUT2D eigenvalue weighted by molar-refractivity contribution is 9.10. The maximum atomic E-state index is 11.3. The number of hydrogen-bond acceptors (Lipinski definition) is 4. The number of anilines is 1. The van der Waals surface area contributed by atoms with Gasteiger partial charge in [-0.1, -0.05) is 0 Å². The van der Waals surface area contributed by atoms with Crippen molar-refractivity contribution in [2.24, 2.45) is 0 Å². The second-order valence-electron chi connectivity index (χ2n) is 3.95. The summed E-state index contributed by atoms with van der Waals surface area (Å²) < 4.78 is 0.488. The van der Waals surface area contributed by atoms with Crippen LogP contribution >= 0.6 is 15.9 Å². The Morgan fingerprint density at radius 1 is 1.38 bits per heavy atom. The van der Waals surface area contributed by atoms with Crippen molar-refractivity contribution in [2.75, 3.05) is 39.1 Å². The first-order chi connectivity index (χ1) is 7.52. The quantitative estimate of drug-likeness (QED) is 0.876. The monoisotopic (exact) mass is 288 g/mol. The van der Waals surface area contributed by atoms with Crippen molar-refractivity contribution >= 4 is 21.7 Å². The lowest BCUT2D eigenvalue weighted by Gasteiger charge is -2.19. The van der Waals surface area contributed by atoms with Crippen LogP contribution in [-0.4, -0.2) is 49.1 Å². The SMILES string of the molecule is CN(C)CCCN(C)c1nc[nH]c(=O)c1Br. The molecule has 1 aromatic rings. The summed E-state index contributed by atoms with van der Waals surface area (Å²) in [7, 11) is 6.02. The molecule has 6 heteroatoms. The minimum absolute atomic E-state index is 0.149. The van der Waals surface area contributed by atoms with Crippen LogP contribution in [0, 0.1) is 0 Å². The molecular formula is C10H17BrN4O. The second-order valence-corrected chi connectivity index (χ2v) is 4.74. The Kier molecular flexibility index (Phi) is 4.95. The molecule has 1 heterocycles. The minimum atomic E-state index is -0.149. The highest BCUT2D eigenvalue weighted by atomic mass is 79.9. The molecule has 1 N–H and O–H groups in total. The lowest BCUT2D eigenvalue weighted by Crippen LogP contribution is -2.26. The Balaban J connectivity index is 2.62. The van der Waals surface area contributed by atoms with Crippen molar-refractivity contribution in [2.45, 2.75) is 6.42 Å². The van der Waals surface area contributed by atoms with Gasteiger partial charge in [-0.05, 0) is 43.0 Å². The van der Waals surface area contributed by atoms with Crippen LogP contribution in [0.5, 0.6) is 0 Å². The average Bonchev–Trinajstić information content (AvgIpc) is 2.21. The number of nitrogens with zero attached hydrogens (tertiary/aromatic N) is 3. The summed E-state index contributed by atoms with van der Waals surface area (Å²) >= 11 is 3.24. The van der Waals surface area contributed by atoms with Crippen molar-refractivity contribution < 1.29 is 0 Å². The van der Waals surface area contributed by atoms with Gasteiger partial charge in [-0.25, -0.2) is 4.98 Å². The third-order valence-corrected chi connectivity index (χ3v) is 2.95.